The van der Waals surface area contributed by atoms with Crippen LogP contribution in [0.3, 0.4) is 0 Å². The van der Waals surface area contributed by atoms with Crippen molar-refractivity contribution < 1.29 is 4.07 Å². The van der Waals surface area contributed by atoms with Crippen molar-refractivity contribution in [2.45, 2.75) is 26.2 Å². The molecule has 0 saturated heterocycles. The van der Waals surface area contributed by atoms with Gasteiger partial charge in [0.25, 0.3) is 0 Å². The number of hydrogen-bond acceptors (Lipinski definition) is 2. The molecule has 0 radical (unpaired) electrons. The maximum absolute atomic E-state index is 5.96. The van der Waals surface area contributed by atoms with Crippen LogP contribution in [0.4, 0.5) is 0 Å². The Hall–Kier alpha value is -0.150. The number of aryl methyl sites for hydroxylation is 1. The summed E-state index contributed by atoms with van der Waals surface area (Å²) < 4.78 is 2.57. The molecule has 0 aliphatic rings. The van der Waals surface area contributed by atoms with Gasteiger partial charge in [-0.25, -0.2) is 0 Å². The number of hydrogen-bond donors (Lipinski definition) is 0. The summed E-state index contributed by atoms with van der Waals surface area (Å²) in [6.07, 6.45) is 0. The molecule has 0 amide bonds. The van der Waals surface area contributed by atoms with Gasteiger partial charge in [-0.3, -0.25) is 0 Å². The van der Waals surface area contributed by atoms with Crippen molar-refractivity contribution in [3.8, 4) is 0 Å². The Morgan fingerprint density at radius 3 is 2.18 bits per heavy atom. The summed E-state index contributed by atoms with van der Waals surface area (Å²) >= 11 is 7.43. The smallest absolute Gasteiger partial charge is 0.0639 e. The van der Waals surface area contributed by atoms with Crippen LogP contribution < -0.4 is 4.07 Å². The zero-order valence-electron chi connectivity index (χ0n) is 7.18. The largest absolute Gasteiger partial charge is 0.188 e. The minimum absolute atomic E-state index is 0.0504. The van der Waals surface area contributed by atoms with Gasteiger partial charge in [0.05, 0.1) is 0 Å². The minimum Gasteiger partial charge on any atom is -0.0639 e. The van der Waals surface area contributed by atoms with E-state index in [2.05, 4.69) is 25.9 Å². The Morgan fingerprint density at radius 1 is 1.45 bits per heavy atom. The van der Waals surface area contributed by atoms with Crippen LogP contribution in [0.15, 0.2) is 0 Å². The molecule has 1 aromatic heterocycles. The van der Waals surface area contributed by atoms with Crippen molar-refractivity contribution in [1.29, 1.82) is 0 Å². The van der Waals surface area contributed by atoms with Crippen LogP contribution in [0.2, 0.25) is 4.34 Å². The van der Waals surface area contributed by atoms with Gasteiger partial charge in [-0.05, 0) is 4.07 Å². The molecule has 0 spiro atoms. The molecule has 0 atom stereocenters. The fourth-order valence-corrected chi connectivity index (χ4v) is 2.21. The lowest BCUT2D eigenvalue weighted by atomic mass is 9.93. The van der Waals surface area contributed by atoms with Gasteiger partial charge in [-0.2, -0.15) is 0 Å². The van der Waals surface area contributed by atoms with Gasteiger partial charge in [0.15, 0.2) is 22.9 Å². The van der Waals surface area contributed by atoms with E-state index >= 15 is 0 Å². The summed E-state index contributed by atoms with van der Waals surface area (Å²) in [5, 5.41) is 4.28. The molecular weight excluding hydrogens is 180 g/mol. The number of halogens is 1. The van der Waals surface area contributed by atoms with Crippen molar-refractivity contribution in [3.05, 3.63) is 10.0 Å². The Labute approximate surface area is 76.0 Å². The molecule has 1 rings (SSSR count). The molecule has 62 valence electrons. The Bertz CT molecular complexity index is 262. The zero-order valence-corrected chi connectivity index (χ0v) is 8.75. The second-order valence-corrected chi connectivity index (χ2v) is 5.25. The average Bonchev–Trinajstić information content (AvgIpc) is 2.08. The van der Waals surface area contributed by atoms with Gasteiger partial charge in [-0.1, -0.05) is 32.4 Å². The molecule has 4 heteroatoms. The summed E-state index contributed by atoms with van der Waals surface area (Å²) in [5.74, 6) is 0. The van der Waals surface area contributed by atoms with Gasteiger partial charge in [0.2, 0.25) is 0 Å². The highest BCUT2D eigenvalue weighted by Gasteiger charge is 2.26. The normalized spacial score (nSPS) is 12.1. The molecule has 0 aliphatic heterocycles. The van der Waals surface area contributed by atoms with Crippen molar-refractivity contribution in [3.63, 3.8) is 0 Å². The highest BCUT2D eigenvalue weighted by atomic mass is 35.5. The van der Waals surface area contributed by atoms with Crippen molar-refractivity contribution in [1.82, 2.24) is 5.10 Å². The first kappa shape index (κ1) is 8.94. The van der Waals surface area contributed by atoms with Crippen molar-refractivity contribution in [2.75, 3.05) is 0 Å². The zero-order chi connectivity index (χ0) is 8.65. The van der Waals surface area contributed by atoms with E-state index in [1.54, 1.807) is 4.07 Å². The highest BCUT2D eigenvalue weighted by molar-refractivity contribution is 7.07. The third-order valence-corrected chi connectivity index (χ3v) is 2.44. The number of aromatic nitrogens is 2. The molecule has 0 bridgehead atoms. The highest BCUT2D eigenvalue weighted by Crippen LogP contribution is 2.28. The summed E-state index contributed by atoms with van der Waals surface area (Å²) in [6, 6.07) is 0. The van der Waals surface area contributed by atoms with E-state index in [1.165, 1.54) is 11.5 Å². The summed E-state index contributed by atoms with van der Waals surface area (Å²) in [7, 11) is 1.89. The third kappa shape index (κ3) is 1.91. The van der Waals surface area contributed by atoms with E-state index in [0.29, 0.717) is 0 Å². The summed E-state index contributed by atoms with van der Waals surface area (Å²) in [4.78, 5) is 0. The van der Waals surface area contributed by atoms with Gasteiger partial charge < -0.3 is 0 Å². The number of nitrogens with zero attached hydrogens (tertiary/aromatic N) is 2. The molecule has 1 aromatic rings. The van der Waals surface area contributed by atoms with E-state index in [4.69, 9.17) is 11.6 Å². The first-order valence-corrected chi connectivity index (χ1v) is 4.60. The second kappa shape index (κ2) is 2.72. The molecule has 0 aromatic carbocycles. The SMILES string of the molecule is C[n+]1nc(C(C)(C)C)c(Cl)s1. The third-order valence-electron chi connectivity index (χ3n) is 1.35. The van der Waals surface area contributed by atoms with Crippen LogP contribution in [0.25, 0.3) is 0 Å². The standard InChI is InChI=1S/C7H12ClN2S/c1-7(2,3)5-6(8)11-10(4)9-5/h1-4H3/q+1. The Morgan fingerprint density at radius 2 is 2.00 bits per heavy atom. The molecule has 0 unspecified atom stereocenters. The van der Waals surface area contributed by atoms with E-state index in [1.807, 2.05) is 7.05 Å². The molecule has 0 N–H and O–H groups in total. The van der Waals surface area contributed by atoms with Crippen LogP contribution >= 0.6 is 23.1 Å². The molecule has 11 heavy (non-hydrogen) atoms. The molecule has 0 aliphatic carbocycles. The fraction of sp³-hybridized carbons (Fsp3) is 0.714. The fourth-order valence-electron chi connectivity index (χ4n) is 0.805. The lowest BCUT2D eigenvalue weighted by Gasteiger charge is -2.11. The van der Waals surface area contributed by atoms with Crippen LogP contribution in [0, 0.1) is 0 Å². The van der Waals surface area contributed by atoms with Gasteiger partial charge in [-0.15, -0.1) is 0 Å². The lowest BCUT2D eigenvalue weighted by molar-refractivity contribution is -0.664. The van der Waals surface area contributed by atoms with Gasteiger partial charge in [0.1, 0.15) is 5.69 Å². The van der Waals surface area contributed by atoms with Crippen LogP contribution in [-0.2, 0) is 12.5 Å². The van der Waals surface area contributed by atoms with E-state index in [9.17, 15) is 0 Å². The van der Waals surface area contributed by atoms with E-state index in [0.717, 1.165) is 10.0 Å². The van der Waals surface area contributed by atoms with Gasteiger partial charge in [0, 0.05) is 10.5 Å². The van der Waals surface area contributed by atoms with Gasteiger partial charge >= 0.3 is 0 Å². The monoisotopic (exact) mass is 191 g/mol. The predicted molar refractivity (Wildman–Crippen MR) is 47.0 cm³/mol. The quantitative estimate of drug-likeness (QED) is 0.573. The molecule has 0 saturated carbocycles. The first-order valence-electron chi connectivity index (χ1n) is 3.45. The van der Waals surface area contributed by atoms with Crippen molar-refractivity contribution >= 4 is 23.1 Å². The van der Waals surface area contributed by atoms with Crippen LogP contribution in [0.1, 0.15) is 26.5 Å². The van der Waals surface area contributed by atoms with Crippen LogP contribution in [-0.4, -0.2) is 5.10 Å². The first-order chi connectivity index (χ1) is 4.91. The summed E-state index contributed by atoms with van der Waals surface area (Å²) in [5.41, 5.74) is 1.03. The second-order valence-electron chi connectivity index (χ2n) is 3.53. The Balaban J connectivity index is 3.13. The molecule has 2 nitrogen and oxygen atoms in total. The molecule has 1 heterocycles. The average molecular weight is 192 g/mol. The lowest BCUT2D eigenvalue weighted by Crippen LogP contribution is -2.28. The molecular formula is C7H12ClN2S+. The summed E-state index contributed by atoms with van der Waals surface area (Å²) in [6.45, 7) is 6.32. The Kier molecular flexibility index (Phi) is 2.21. The van der Waals surface area contributed by atoms with Crippen LogP contribution in [0.5, 0.6) is 0 Å². The minimum atomic E-state index is 0.0504. The maximum Gasteiger partial charge on any atom is 0.188 e. The topological polar surface area (TPSA) is 16.8 Å². The van der Waals surface area contributed by atoms with E-state index in [-0.39, 0.29) is 5.41 Å². The maximum atomic E-state index is 5.96. The number of rotatable bonds is 0. The van der Waals surface area contributed by atoms with Crippen molar-refractivity contribution in [2.24, 2.45) is 7.05 Å². The van der Waals surface area contributed by atoms with E-state index < -0.39 is 0 Å². The predicted octanol–water partition coefficient (Wildman–Crippen LogP) is 1.92. The molecule has 0 fully saturated rings.